The standard InChI is InChI=1S/C14H8BrClN2O/c15-10-5-6-11(12(16)7-10)14(19)18-13-4-2-1-3-9(13)8-17/h1-7H,(H,18,19). The molecule has 0 fully saturated rings. The molecule has 94 valence electrons. The highest BCUT2D eigenvalue weighted by Crippen LogP contribution is 2.23. The van der Waals surface area contributed by atoms with E-state index in [9.17, 15) is 4.79 Å². The number of nitrogens with one attached hydrogen (secondary N) is 1. The lowest BCUT2D eigenvalue weighted by Gasteiger charge is -2.08. The van der Waals surface area contributed by atoms with Crippen LogP contribution in [-0.2, 0) is 0 Å². The van der Waals surface area contributed by atoms with Gasteiger partial charge in [0.15, 0.2) is 0 Å². The molecule has 0 spiro atoms. The Morgan fingerprint density at radius 3 is 2.68 bits per heavy atom. The highest BCUT2D eigenvalue weighted by atomic mass is 79.9. The summed E-state index contributed by atoms with van der Waals surface area (Å²) in [5.74, 6) is -0.347. The van der Waals surface area contributed by atoms with Crippen LogP contribution in [0.15, 0.2) is 46.9 Å². The first-order valence-electron chi connectivity index (χ1n) is 5.37. The molecular weight excluding hydrogens is 328 g/mol. The molecule has 0 atom stereocenters. The van der Waals surface area contributed by atoms with Crippen LogP contribution in [0.4, 0.5) is 5.69 Å². The Bertz CT molecular complexity index is 679. The monoisotopic (exact) mass is 334 g/mol. The minimum absolute atomic E-state index is 0.347. The Balaban J connectivity index is 2.29. The van der Waals surface area contributed by atoms with Gasteiger partial charge in [-0.2, -0.15) is 5.26 Å². The normalized spacial score (nSPS) is 9.74. The zero-order chi connectivity index (χ0) is 13.8. The van der Waals surface area contributed by atoms with E-state index in [0.717, 1.165) is 4.47 Å². The molecule has 0 heterocycles. The number of hydrogen-bond acceptors (Lipinski definition) is 2. The second-order valence-corrected chi connectivity index (χ2v) is 5.06. The zero-order valence-electron chi connectivity index (χ0n) is 9.65. The molecule has 0 aliphatic heterocycles. The molecular formula is C14H8BrClN2O. The van der Waals surface area contributed by atoms with Crippen molar-refractivity contribution in [1.82, 2.24) is 0 Å². The van der Waals surface area contributed by atoms with Crippen molar-refractivity contribution in [2.45, 2.75) is 0 Å². The summed E-state index contributed by atoms with van der Waals surface area (Å²) in [7, 11) is 0. The summed E-state index contributed by atoms with van der Waals surface area (Å²) < 4.78 is 0.798. The molecule has 1 N–H and O–H groups in total. The maximum absolute atomic E-state index is 12.1. The molecule has 0 saturated carbocycles. The molecule has 1 amide bonds. The second kappa shape index (κ2) is 5.87. The molecule has 0 aliphatic rings. The topological polar surface area (TPSA) is 52.9 Å². The first kappa shape index (κ1) is 13.6. The van der Waals surface area contributed by atoms with Crippen LogP contribution >= 0.6 is 27.5 Å². The van der Waals surface area contributed by atoms with E-state index in [1.54, 1.807) is 42.5 Å². The van der Waals surface area contributed by atoms with Crippen LogP contribution in [0.5, 0.6) is 0 Å². The van der Waals surface area contributed by atoms with Crippen LogP contribution in [0.1, 0.15) is 15.9 Å². The predicted octanol–water partition coefficient (Wildman–Crippen LogP) is 4.23. The van der Waals surface area contributed by atoms with Gasteiger partial charge in [0.25, 0.3) is 5.91 Å². The number of carbonyl (C=O) groups excluding carboxylic acids is 1. The third kappa shape index (κ3) is 3.14. The molecule has 19 heavy (non-hydrogen) atoms. The number of anilines is 1. The summed E-state index contributed by atoms with van der Waals surface area (Å²) in [6, 6.07) is 13.8. The molecule has 0 unspecified atom stereocenters. The average molecular weight is 336 g/mol. The van der Waals surface area contributed by atoms with Crippen molar-refractivity contribution >= 4 is 39.1 Å². The second-order valence-electron chi connectivity index (χ2n) is 3.74. The van der Waals surface area contributed by atoms with E-state index < -0.39 is 0 Å². The summed E-state index contributed by atoms with van der Waals surface area (Å²) in [5.41, 5.74) is 1.23. The van der Waals surface area contributed by atoms with Crippen molar-refractivity contribution in [3.8, 4) is 6.07 Å². The number of rotatable bonds is 2. The lowest BCUT2D eigenvalue weighted by Crippen LogP contribution is -2.13. The summed E-state index contributed by atoms with van der Waals surface area (Å²) in [4.78, 5) is 12.1. The highest BCUT2D eigenvalue weighted by molar-refractivity contribution is 9.10. The van der Waals surface area contributed by atoms with Gasteiger partial charge in [0, 0.05) is 4.47 Å². The van der Waals surface area contributed by atoms with Crippen molar-refractivity contribution in [1.29, 1.82) is 5.26 Å². The molecule has 2 aromatic rings. The van der Waals surface area contributed by atoms with Crippen molar-refractivity contribution in [2.75, 3.05) is 5.32 Å². The lowest BCUT2D eigenvalue weighted by molar-refractivity contribution is 0.102. The van der Waals surface area contributed by atoms with Crippen LogP contribution in [0.25, 0.3) is 0 Å². The minimum atomic E-state index is -0.347. The number of carbonyl (C=O) groups is 1. The van der Waals surface area contributed by atoms with Crippen LogP contribution in [-0.4, -0.2) is 5.91 Å². The number of hydrogen-bond donors (Lipinski definition) is 1. The predicted molar refractivity (Wildman–Crippen MR) is 78.3 cm³/mol. The van der Waals surface area contributed by atoms with Gasteiger partial charge in [-0.05, 0) is 30.3 Å². The Labute approximate surface area is 123 Å². The van der Waals surface area contributed by atoms with Crippen molar-refractivity contribution < 1.29 is 4.79 Å². The van der Waals surface area contributed by atoms with Crippen LogP contribution in [0.3, 0.4) is 0 Å². The van der Waals surface area contributed by atoms with Gasteiger partial charge in [0.05, 0.1) is 21.8 Å². The fraction of sp³-hybridized carbons (Fsp3) is 0. The van der Waals surface area contributed by atoms with E-state index in [1.165, 1.54) is 0 Å². The van der Waals surface area contributed by atoms with Gasteiger partial charge >= 0.3 is 0 Å². The maximum Gasteiger partial charge on any atom is 0.257 e. The maximum atomic E-state index is 12.1. The minimum Gasteiger partial charge on any atom is -0.321 e. The highest BCUT2D eigenvalue weighted by Gasteiger charge is 2.12. The fourth-order valence-electron chi connectivity index (χ4n) is 1.55. The molecule has 0 saturated heterocycles. The van der Waals surface area contributed by atoms with Gasteiger partial charge in [-0.3, -0.25) is 4.79 Å². The van der Waals surface area contributed by atoms with E-state index in [1.807, 2.05) is 6.07 Å². The average Bonchev–Trinajstić information content (AvgIpc) is 2.39. The number of amides is 1. The van der Waals surface area contributed by atoms with Crippen LogP contribution < -0.4 is 5.32 Å². The summed E-state index contributed by atoms with van der Waals surface area (Å²) >= 11 is 9.28. The van der Waals surface area contributed by atoms with E-state index >= 15 is 0 Å². The Kier molecular flexibility index (Phi) is 4.20. The van der Waals surface area contributed by atoms with Crippen molar-refractivity contribution in [3.63, 3.8) is 0 Å². The van der Waals surface area contributed by atoms with Crippen LogP contribution in [0.2, 0.25) is 5.02 Å². The van der Waals surface area contributed by atoms with Gasteiger partial charge in [0.2, 0.25) is 0 Å². The molecule has 5 heteroatoms. The smallest absolute Gasteiger partial charge is 0.257 e. The van der Waals surface area contributed by atoms with E-state index in [4.69, 9.17) is 16.9 Å². The Hall–Kier alpha value is -1.83. The first-order valence-corrected chi connectivity index (χ1v) is 6.54. The van der Waals surface area contributed by atoms with E-state index in [0.29, 0.717) is 21.8 Å². The quantitative estimate of drug-likeness (QED) is 0.893. The van der Waals surface area contributed by atoms with E-state index in [2.05, 4.69) is 21.2 Å². The fourth-order valence-corrected chi connectivity index (χ4v) is 2.31. The Morgan fingerprint density at radius 2 is 2.00 bits per heavy atom. The first-order chi connectivity index (χ1) is 9.11. The number of para-hydroxylation sites is 1. The molecule has 3 nitrogen and oxygen atoms in total. The lowest BCUT2D eigenvalue weighted by atomic mass is 10.1. The van der Waals surface area contributed by atoms with Gasteiger partial charge in [-0.15, -0.1) is 0 Å². The van der Waals surface area contributed by atoms with Gasteiger partial charge in [0.1, 0.15) is 6.07 Å². The zero-order valence-corrected chi connectivity index (χ0v) is 12.0. The number of benzene rings is 2. The summed E-state index contributed by atoms with van der Waals surface area (Å²) in [6.07, 6.45) is 0. The number of halogens is 2. The van der Waals surface area contributed by atoms with Crippen molar-refractivity contribution in [2.24, 2.45) is 0 Å². The third-order valence-corrected chi connectivity index (χ3v) is 3.28. The summed E-state index contributed by atoms with van der Waals surface area (Å²) in [5, 5.41) is 12.0. The molecule has 0 aliphatic carbocycles. The van der Waals surface area contributed by atoms with E-state index in [-0.39, 0.29) is 5.91 Å². The molecule has 2 aromatic carbocycles. The molecule has 0 aromatic heterocycles. The Morgan fingerprint density at radius 1 is 1.26 bits per heavy atom. The van der Waals surface area contributed by atoms with Crippen LogP contribution in [0, 0.1) is 11.3 Å². The third-order valence-electron chi connectivity index (χ3n) is 2.47. The number of nitriles is 1. The summed E-state index contributed by atoms with van der Waals surface area (Å²) in [6.45, 7) is 0. The SMILES string of the molecule is N#Cc1ccccc1NC(=O)c1ccc(Br)cc1Cl. The molecule has 0 bridgehead atoms. The number of nitrogens with zero attached hydrogens (tertiary/aromatic N) is 1. The molecule has 2 rings (SSSR count). The largest absolute Gasteiger partial charge is 0.321 e. The van der Waals surface area contributed by atoms with Gasteiger partial charge in [-0.25, -0.2) is 0 Å². The van der Waals surface area contributed by atoms with Gasteiger partial charge < -0.3 is 5.32 Å². The molecule has 0 radical (unpaired) electrons. The van der Waals surface area contributed by atoms with Crippen molar-refractivity contribution in [3.05, 3.63) is 63.1 Å². The van der Waals surface area contributed by atoms with Gasteiger partial charge in [-0.1, -0.05) is 39.7 Å².